The summed E-state index contributed by atoms with van der Waals surface area (Å²) in [4.78, 5) is 28.8. The minimum absolute atomic E-state index is 0.0650. The van der Waals surface area contributed by atoms with Crippen LogP contribution in [-0.2, 0) is 11.3 Å². The van der Waals surface area contributed by atoms with Gasteiger partial charge in [-0.1, -0.05) is 31.2 Å². The van der Waals surface area contributed by atoms with E-state index < -0.39 is 0 Å². The van der Waals surface area contributed by atoms with E-state index in [2.05, 4.69) is 41.4 Å². The molecule has 0 aliphatic carbocycles. The summed E-state index contributed by atoms with van der Waals surface area (Å²) in [5.41, 5.74) is 4.07. The van der Waals surface area contributed by atoms with Gasteiger partial charge in [0.05, 0.1) is 6.04 Å². The first-order valence-corrected chi connectivity index (χ1v) is 11.5. The van der Waals surface area contributed by atoms with Gasteiger partial charge in [0.1, 0.15) is 0 Å². The number of hydrogen-bond donors (Lipinski definition) is 1. The lowest BCUT2D eigenvalue weighted by molar-refractivity contribution is -0.128. The Hall–Kier alpha value is -2.82. The minimum Gasteiger partial charge on any atom is -0.372 e. The van der Waals surface area contributed by atoms with Gasteiger partial charge in [0.2, 0.25) is 5.91 Å². The summed E-state index contributed by atoms with van der Waals surface area (Å²) in [5, 5.41) is 3.10. The predicted molar refractivity (Wildman–Crippen MR) is 124 cm³/mol. The highest BCUT2D eigenvalue weighted by Gasteiger charge is 2.20. The summed E-state index contributed by atoms with van der Waals surface area (Å²) < 4.78 is 0. The van der Waals surface area contributed by atoms with Crippen LogP contribution in [0.4, 0.5) is 5.69 Å². The fraction of sp³-hybridized carbons (Fsp3) is 0.462. The van der Waals surface area contributed by atoms with E-state index in [9.17, 15) is 9.59 Å². The molecule has 1 atom stereocenters. The van der Waals surface area contributed by atoms with Gasteiger partial charge in [0, 0.05) is 43.9 Å². The second-order valence-corrected chi connectivity index (χ2v) is 9.07. The van der Waals surface area contributed by atoms with Gasteiger partial charge in [-0.25, -0.2) is 0 Å². The Kier molecular flexibility index (Phi) is 6.59. The Bertz CT molecular complexity index is 899. The van der Waals surface area contributed by atoms with Gasteiger partial charge in [0.15, 0.2) is 0 Å². The molecule has 2 aromatic carbocycles. The summed E-state index contributed by atoms with van der Waals surface area (Å²) in [6, 6.07) is 16.1. The Morgan fingerprint density at radius 2 is 1.71 bits per heavy atom. The molecule has 2 aromatic rings. The van der Waals surface area contributed by atoms with Crippen molar-refractivity contribution in [2.45, 2.75) is 52.1 Å². The quantitative estimate of drug-likeness (QED) is 0.748. The van der Waals surface area contributed by atoms with E-state index in [4.69, 9.17) is 0 Å². The summed E-state index contributed by atoms with van der Waals surface area (Å²) >= 11 is 0. The van der Waals surface area contributed by atoms with Gasteiger partial charge in [-0.05, 0) is 67.5 Å². The van der Waals surface area contributed by atoms with Crippen LogP contribution in [0.25, 0.3) is 0 Å². The molecule has 2 heterocycles. The highest BCUT2D eigenvalue weighted by molar-refractivity contribution is 5.94. The SMILES string of the molecule is CC1CCN(c2ccc(C(C)NC(=O)c3ccc(CN4CCCC4=O)cc3)cc2)CC1. The maximum absolute atomic E-state index is 12.7. The first-order valence-electron chi connectivity index (χ1n) is 11.5. The molecule has 0 radical (unpaired) electrons. The number of nitrogens with zero attached hydrogens (tertiary/aromatic N) is 2. The molecular weight excluding hydrogens is 386 g/mol. The molecule has 1 unspecified atom stereocenters. The average molecular weight is 420 g/mol. The molecule has 31 heavy (non-hydrogen) atoms. The van der Waals surface area contributed by atoms with Crippen LogP contribution in [0.5, 0.6) is 0 Å². The number of amides is 2. The van der Waals surface area contributed by atoms with Gasteiger partial charge in [0.25, 0.3) is 5.91 Å². The van der Waals surface area contributed by atoms with Crippen LogP contribution in [0, 0.1) is 5.92 Å². The van der Waals surface area contributed by atoms with Crippen molar-refractivity contribution in [2.75, 3.05) is 24.5 Å². The molecule has 2 saturated heterocycles. The Morgan fingerprint density at radius 1 is 1.03 bits per heavy atom. The van der Waals surface area contributed by atoms with E-state index in [0.29, 0.717) is 18.5 Å². The zero-order valence-corrected chi connectivity index (χ0v) is 18.6. The highest BCUT2D eigenvalue weighted by atomic mass is 16.2. The lowest BCUT2D eigenvalue weighted by atomic mass is 9.98. The number of piperidine rings is 1. The third-order valence-corrected chi connectivity index (χ3v) is 6.65. The van der Waals surface area contributed by atoms with E-state index in [0.717, 1.165) is 43.1 Å². The second-order valence-electron chi connectivity index (χ2n) is 9.07. The monoisotopic (exact) mass is 419 g/mol. The smallest absolute Gasteiger partial charge is 0.251 e. The molecule has 5 nitrogen and oxygen atoms in total. The molecule has 5 heteroatoms. The number of rotatable bonds is 6. The van der Waals surface area contributed by atoms with Crippen LogP contribution >= 0.6 is 0 Å². The molecule has 0 aromatic heterocycles. The summed E-state index contributed by atoms with van der Waals surface area (Å²) in [6.45, 7) is 8.03. The number of hydrogen-bond acceptors (Lipinski definition) is 3. The Morgan fingerprint density at radius 3 is 2.32 bits per heavy atom. The van der Waals surface area contributed by atoms with Gasteiger partial charge in [-0.3, -0.25) is 9.59 Å². The van der Waals surface area contributed by atoms with Gasteiger partial charge in [-0.15, -0.1) is 0 Å². The van der Waals surface area contributed by atoms with Crippen molar-refractivity contribution in [1.29, 1.82) is 0 Å². The fourth-order valence-electron chi connectivity index (χ4n) is 4.46. The standard InChI is InChI=1S/C26H33N3O2/c1-19-13-16-28(17-14-19)24-11-9-22(10-12-24)20(2)27-26(31)23-7-5-21(6-8-23)18-29-15-3-4-25(29)30/h5-12,19-20H,3-4,13-18H2,1-2H3,(H,27,31). The number of carbonyl (C=O) groups is 2. The third kappa shape index (κ3) is 5.27. The molecule has 164 valence electrons. The lowest BCUT2D eigenvalue weighted by Gasteiger charge is -2.32. The number of likely N-dealkylation sites (tertiary alicyclic amines) is 1. The van der Waals surface area contributed by atoms with Crippen LogP contribution in [0.3, 0.4) is 0 Å². The summed E-state index contributed by atoms with van der Waals surface area (Å²) in [5.74, 6) is 0.962. The first-order chi connectivity index (χ1) is 15.0. The molecule has 4 rings (SSSR count). The van der Waals surface area contributed by atoms with E-state index in [-0.39, 0.29) is 17.9 Å². The van der Waals surface area contributed by atoms with E-state index in [1.807, 2.05) is 36.1 Å². The summed E-state index contributed by atoms with van der Waals surface area (Å²) in [7, 11) is 0. The molecule has 0 bridgehead atoms. The normalized spacial score (nSPS) is 18.3. The Labute approximate surface area is 185 Å². The molecule has 0 saturated carbocycles. The second kappa shape index (κ2) is 9.54. The largest absolute Gasteiger partial charge is 0.372 e. The lowest BCUT2D eigenvalue weighted by Crippen LogP contribution is -2.32. The van der Waals surface area contributed by atoms with E-state index in [1.165, 1.54) is 18.5 Å². The van der Waals surface area contributed by atoms with Crippen molar-refractivity contribution in [1.82, 2.24) is 10.2 Å². The van der Waals surface area contributed by atoms with Crippen molar-refractivity contribution in [3.63, 3.8) is 0 Å². The summed E-state index contributed by atoms with van der Waals surface area (Å²) in [6.07, 6.45) is 4.09. The topological polar surface area (TPSA) is 52.7 Å². The first kappa shape index (κ1) is 21.4. The molecule has 2 aliphatic rings. The van der Waals surface area contributed by atoms with Gasteiger partial charge >= 0.3 is 0 Å². The van der Waals surface area contributed by atoms with Gasteiger partial charge in [-0.2, -0.15) is 0 Å². The van der Waals surface area contributed by atoms with Crippen molar-refractivity contribution >= 4 is 17.5 Å². The molecule has 1 N–H and O–H groups in total. The van der Waals surface area contributed by atoms with Crippen molar-refractivity contribution in [3.05, 3.63) is 65.2 Å². The predicted octanol–water partition coefficient (Wildman–Crippen LogP) is 4.54. The Balaban J connectivity index is 1.32. The molecule has 0 spiro atoms. The third-order valence-electron chi connectivity index (χ3n) is 6.65. The maximum atomic E-state index is 12.7. The molecular formula is C26H33N3O2. The average Bonchev–Trinajstić information content (AvgIpc) is 3.19. The maximum Gasteiger partial charge on any atom is 0.251 e. The fourth-order valence-corrected chi connectivity index (χ4v) is 4.46. The van der Waals surface area contributed by atoms with Crippen LogP contribution in [-0.4, -0.2) is 36.3 Å². The van der Waals surface area contributed by atoms with Crippen LogP contribution in [0.15, 0.2) is 48.5 Å². The zero-order valence-electron chi connectivity index (χ0n) is 18.6. The van der Waals surface area contributed by atoms with Crippen LogP contribution in [0.1, 0.15) is 67.1 Å². The number of nitrogens with one attached hydrogen (secondary N) is 1. The molecule has 2 aliphatic heterocycles. The number of carbonyl (C=O) groups excluding carboxylic acids is 2. The number of benzene rings is 2. The van der Waals surface area contributed by atoms with Crippen LogP contribution < -0.4 is 10.2 Å². The highest BCUT2D eigenvalue weighted by Crippen LogP contribution is 2.25. The van der Waals surface area contributed by atoms with Crippen molar-refractivity contribution in [3.8, 4) is 0 Å². The van der Waals surface area contributed by atoms with E-state index >= 15 is 0 Å². The van der Waals surface area contributed by atoms with E-state index in [1.54, 1.807) is 0 Å². The zero-order chi connectivity index (χ0) is 21.8. The van der Waals surface area contributed by atoms with Crippen molar-refractivity contribution in [2.24, 2.45) is 5.92 Å². The van der Waals surface area contributed by atoms with Crippen molar-refractivity contribution < 1.29 is 9.59 Å². The van der Waals surface area contributed by atoms with Crippen LogP contribution in [0.2, 0.25) is 0 Å². The molecule has 2 fully saturated rings. The minimum atomic E-state index is -0.0783. The molecule has 2 amide bonds. The van der Waals surface area contributed by atoms with Gasteiger partial charge < -0.3 is 15.1 Å². The number of anilines is 1.